The van der Waals surface area contributed by atoms with E-state index in [1.807, 2.05) is 0 Å². The molecule has 0 aromatic heterocycles. The van der Waals surface area contributed by atoms with Crippen LogP contribution < -0.4 is 0 Å². The van der Waals surface area contributed by atoms with Crippen molar-refractivity contribution in [2.45, 2.75) is 6.04 Å². The normalized spacial score (nSPS) is 17.6. The van der Waals surface area contributed by atoms with Crippen molar-refractivity contribution in [3.63, 3.8) is 0 Å². The van der Waals surface area contributed by atoms with E-state index < -0.39 is 12.0 Å². The molecule has 1 aliphatic rings. The molecule has 0 saturated carbocycles. The number of hydrogen-bond acceptors (Lipinski definition) is 4. The van der Waals surface area contributed by atoms with Gasteiger partial charge in [0.15, 0.2) is 0 Å². The minimum atomic E-state index is -1.01. The van der Waals surface area contributed by atoms with Crippen molar-refractivity contribution in [1.82, 2.24) is 9.80 Å². The molecule has 1 atom stereocenters. The summed E-state index contributed by atoms with van der Waals surface area (Å²) in [7, 11) is 1.53. The summed E-state index contributed by atoms with van der Waals surface area (Å²) in [5.74, 6) is -0.882. The first-order chi connectivity index (χ1) is 10.0. The lowest BCUT2D eigenvalue weighted by molar-refractivity contribution is -0.147. The molecule has 1 aromatic carbocycles. The van der Waals surface area contributed by atoms with Crippen molar-refractivity contribution in [3.8, 4) is 0 Å². The van der Waals surface area contributed by atoms with Crippen LogP contribution in [0.3, 0.4) is 0 Å². The molecule has 1 N–H and O–H groups in total. The van der Waals surface area contributed by atoms with E-state index in [1.165, 1.54) is 28.6 Å². The highest BCUT2D eigenvalue weighted by Gasteiger charge is 2.35. The fraction of sp³-hybridized carbons (Fsp3) is 0.357. The van der Waals surface area contributed by atoms with E-state index in [9.17, 15) is 14.4 Å². The van der Waals surface area contributed by atoms with Crippen LogP contribution in [0.4, 0.5) is 0 Å². The van der Waals surface area contributed by atoms with Gasteiger partial charge < -0.3 is 14.9 Å². The minimum absolute atomic E-state index is 0.127. The van der Waals surface area contributed by atoms with Gasteiger partial charge in [-0.2, -0.15) is 0 Å². The minimum Gasteiger partial charge on any atom is -0.480 e. The highest BCUT2D eigenvalue weighted by atomic mass is 32.2. The highest BCUT2D eigenvalue weighted by molar-refractivity contribution is 7.99. The summed E-state index contributed by atoms with van der Waals surface area (Å²) in [5, 5.41) is 9.07. The van der Waals surface area contributed by atoms with Gasteiger partial charge in [0.05, 0.1) is 12.4 Å². The Kier molecular flexibility index (Phi) is 4.85. The van der Waals surface area contributed by atoms with E-state index in [-0.39, 0.29) is 18.4 Å². The molecule has 1 fully saturated rings. The van der Waals surface area contributed by atoms with Gasteiger partial charge in [0.25, 0.3) is 5.91 Å². The van der Waals surface area contributed by atoms with Crippen LogP contribution in [0.5, 0.6) is 0 Å². The Morgan fingerprint density at radius 2 is 2.00 bits per heavy atom. The Morgan fingerprint density at radius 3 is 2.62 bits per heavy atom. The summed E-state index contributed by atoms with van der Waals surface area (Å²) in [4.78, 5) is 38.0. The lowest BCUT2D eigenvalue weighted by atomic mass is 10.2. The van der Waals surface area contributed by atoms with E-state index in [1.54, 1.807) is 30.3 Å². The van der Waals surface area contributed by atoms with Gasteiger partial charge in [-0.15, -0.1) is 11.8 Å². The zero-order valence-electron chi connectivity index (χ0n) is 11.6. The van der Waals surface area contributed by atoms with Crippen LogP contribution in [0.15, 0.2) is 30.3 Å². The first-order valence-electron chi connectivity index (χ1n) is 6.41. The maximum atomic E-state index is 12.2. The molecule has 112 valence electrons. The molecular weight excluding hydrogens is 292 g/mol. The molecule has 1 aromatic rings. The smallest absolute Gasteiger partial charge is 0.327 e. The zero-order chi connectivity index (χ0) is 15.4. The molecule has 1 aliphatic heterocycles. The molecule has 0 spiro atoms. The molecular formula is C14H16N2O4S. The van der Waals surface area contributed by atoms with Gasteiger partial charge in [-0.05, 0) is 12.1 Å². The summed E-state index contributed by atoms with van der Waals surface area (Å²) in [5.41, 5.74) is 0.499. The second-order valence-electron chi connectivity index (χ2n) is 4.74. The van der Waals surface area contributed by atoms with Crippen molar-refractivity contribution in [2.75, 3.05) is 25.2 Å². The third-order valence-corrected chi connectivity index (χ3v) is 4.24. The number of rotatable bonds is 4. The second kappa shape index (κ2) is 6.62. The number of carbonyl (C=O) groups is 3. The second-order valence-corrected chi connectivity index (χ2v) is 5.74. The summed E-state index contributed by atoms with van der Waals surface area (Å²) < 4.78 is 0. The Bertz CT molecular complexity index is 549. The molecule has 0 radical (unpaired) electrons. The third kappa shape index (κ3) is 3.55. The summed E-state index contributed by atoms with van der Waals surface area (Å²) in [6.45, 7) is -0.127. The number of thioether (sulfide) groups is 1. The molecule has 1 heterocycles. The predicted molar refractivity (Wildman–Crippen MR) is 79.0 cm³/mol. The van der Waals surface area contributed by atoms with Crippen LogP contribution in [0.2, 0.25) is 0 Å². The Hall–Kier alpha value is -2.02. The van der Waals surface area contributed by atoms with Crippen molar-refractivity contribution in [2.24, 2.45) is 0 Å². The van der Waals surface area contributed by atoms with Crippen LogP contribution in [-0.2, 0) is 9.59 Å². The molecule has 2 rings (SSSR count). The molecule has 0 aliphatic carbocycles. The number of nitrogens with zero attached hydrogens (tertiary/aromatic N) is 2. The van der Waals surface area contributed by atoms with Crippen LogP contribution in [0.1, 0.15) is 10.4 Å². The Balaban J connectivity index is 1.99. The van der Waals surface area contributed by atoms with Gasteiger partial charge in [-0.3, -0.25) is 9.59 Å². The largest absolute Gasteiger partial charge is 0.480 e. The fourth-order valence-electron chi connectivity index (χ4n) is 2.06. The SMILES string of the molecule is CN(CC(=O)N1CSCC1C(=O)O)C(=O)c1ccccc1. The average molecular weight is 308 g/mol. The van der Waals surface area contributed by atoms with Crippen LogP contribution in [0, 0.1) is 0 Å². The van der Waals surface area contributed by atoms with Gasteiger partial charge in [0.1, 0.15) is 6.04 Å². The van der Waals surface area contributed by atoms with Crippen LogP contribution in [-0.4, -0.2) is 64.0 Å². The number of benzene rings is 1. The Labute approximate surface area is 126 Å². The molecule has 0 bridgehead atoms. The lowest BCUT2D eigenvalue weighted by Gasteiger charge is -2.24. The first kappa shape index (κ1) is 15.4. The van der Waals surface area contributed by atoms with E-state index in [0.717, 1.165) is 0 Å². The van der Waals surface area contributed by atoms with Gasteiger partial charge in [-0.25, -0.2) is 4.79 Å². The number of carbonyl (C=O) groups excluding carboxylic acids is 2. The van der Waals surface area contributed by atoms with E-state index in [4.69, 9.17) is 5.11 Å². The molecule has 6 nitrogen and oxygen atoms in total. The van der Waals surface area contributed by atoms with Crippen molar-refractivity contribution in [3.05, 3.63) is 35.9 Å². The maximum Gasteiger partial charge on any atom is 0.327 e. The van der Waals surface area contributed by atoms with Gasteiger partial charge in [0, 0.05) is 18.4 Å². The molecule has 1 saturated heterocycles. The Morgan fingerprint density at radius 1 is 1.33 bits per heavy atom. The average Bonchev–Trinajstić information content (AvgIpc) is 2.97. The third-order valence-electron chi connectivity index (χ3n) is 3.23. The standard InChI is InChI=1S/C14H16N2O4S/c1-15(13(18)10-5-3-2-4-6-10)7-12(17)16-9-21-8-11(16)14(19)20/h2-6,11H,7-9H2,1H3,(H,19,20). The quantitative estimate of drug-likeness (QED) is 0.888. The van der Waals surface area contributed by atoms with E-state index >= 15 is 0 Å². The molecule has 1 unspecified atom stereocenters. The van der Waals surface area contributed by atoms with E-state index in [2.05, 4.69) is 0 Å². The molecule has 7 heteroatoms. The summed E-state index contributed by atoms with van der Waals surface area (Å²) in [6, 6.07) is 7.86. The van der Waals surface area contributed by atoms with Gasteiger partial charge >= 0.3 is 5.97 Å². The first-order valence-corrected chi connectivity index (χ1v) is 7.56. The highest BCUT2D eigenvalue weighted by Crippen LogP contribution is 2.21. The topological polar surface area (TPSA) is 77.9 Å². The van der Waals surface area contributed by atoms with Crippen molar-refractivity contribution < 1.29 is 19.5 Å². The van der Waals surface area contributed by atoms with Crippen LogP contribution >= 0.6 is 11.8 Å². The van der Waals surface area contributed by atoms with Crippen LogP contribution in [0.25, 0.3) is 0 Å². The van der Waals surface area contributed by atoms with Crippen molar-refractivity contribution >= 4 is 29.5 Å². The monoisotopic (exact) mass is 308 g/mol. The summed E-state index contributed by atoms with van der Waals surface area (Å²) >= 11 is 1.40. The number of carboxylic acid groups (broad SMARTS) is 1. The number of aliphatic carboxylic acids is 1. The summed E-state index contributed by atoms with van der Waals surface area (Å²) in [6.07, 6.45) is 0. The maximum absolute atomic E-state index is 12.2. The lowest BCUT2D eigenvalue weighted by Crippen LogP contribution is -2.46. The molecule has 21 heavy (non-hydrogen) atoms. The van der Waals surface area contributed by atoms with E-state index in [0.29, 0.717) is 17.2 Å². The van der Waals surface area contributed by atoms with Gasteiger partial charge in [0.2, 0.25) is 5.91 Å². The molecule has 2 amide bonds. The van der Waals surface area contributed by atoms with Gasteiger partial charge in [-0.1, -0.05) is 18.2 Å². The number of carboxylic acids is 1. The predicted octanol–water partition coefficient (Wildman–Crippen LogP) is 0.745. The number of likely N-dealkylation sites (N-methyl/N-ethyl adjacent to an activating group) is 1. The zero-order valence-corrected chi connectivity index (χ0v) is 12.4. The number of amides is 2. The fourth-order valence-corrected chi connectivity index (χ4v) is 3.23. The number of hydrogen-bond donors (Lipinski definition) is 1. The van der Waals surface area contributed by atoms with Crippen molar-refractivity contribution in [1.29, 1.82) is 0 Å².